The fourth-order valence-corrected chi connectivity index (χ4v) is 3.28. The SMILES string of the molecule is Cc1ccccc1C(NC(=O)C1CCCC(N)C1)C(C)C.Cl. The number of nitrogens with two attached hydrogens (primary N) is 1. The molecule has 3 atom stereocenters. The van der Waals surface area contributed by atoms with E-state index in [1.54, 1.807) is 0 Å². The maximum Gasteiger partial charge on any atom is 0.223 e. The summed E-state index contributed by atoms with van der Waals surface area (Å²) in [6, 6.07) is 8.57. The predicted molar refractivity (Wildman–Crippen MR) is 94.1 cm³/mol. The van der Waals surface area contributed by atoms with Gasteiger partial charge in [-0.3, -0.25) is 4.79 Å². The van der Waals surface area contributed by atoms with Gasteiger partial charge < -0.3 is 11.1 Å². The van der Waals surface area contributed by atoms with Crippen LogP contribution in [-0.4, -0.2) is 11.9 Å². The number of carbonyl (C=O) groups excluding carboxylic acids is 1. The van der Waals surface area contributed by atoms with Crippen LogP contribution in [0.15, 0.2) is 24.3 Å². The molecule has 3 unspecified atom stereocenters. The van der Waals surface area contributed by atoms with Crippen LogP contribution in [0.1, 0.15) is 56.7 Å². The molecule has 2 rings (SSSR count). The first-order valence-corrected chi connectivity index (χ1v) is 8.10. The monoisotopic (exact) mass is 324 g/mol. The number of benzene rings is 1. The lowest BCUT2D eigenvalue weighted by Crippen LogP contribution is -2.40. The van der Waals surface area contributed by atoms with E-state index >= 15 is 0 Å². The lowest BCUT2D eigenvalue weighted by atomic mass is 9.84. The smallest absolute Gasteiger partial charge is 0.223 e. The molecule has 4 heteroatoms. The fourth-order valence-electron chi connectivity index (χ4n) is 3.28. The Kier molecular flexibility index (Phi) is 7.37. The van der Waals surface area contributed by atoms with Crippen LogP contribution in [-0.2, 0) is 4.79 Å². The molecule has 3 N–H and O–H groups in total. The molecule has 0 bridgehead atoms. The number of halogens is 1. The molecule has 0 heterocycles. The normalized spacial score (nSPS) is 22.8. The van der Waals surface area contributed by atoms with E-state index in [-0.39, 0.29) is 36.3 Å². The molecule has 0 aliphatic heterocycles. The van der Waals surface area contributed by atoms with Gasteiger partial charge in [-0.15, -0.1) is 12.4 Å². The second kappa shape index (κ2) is 8.54. The van der Waals surface area contributed by atoms with Gasteiger partial charge in [-0.2, -0.15) is 0 Å². The van der Waals surface area contributed by atoms with Crippen LogP contribution in [0.25, 0.3) is 0 Å². The summed E-state index contributed by atoms with van der Waals surface area (Å²) in [5, 5.41) is 3.27. The first-order chi connectivity index (χ1) is 9.99. The standard InChI is InChI=1S/C18H28N2O.ClH/c1-12(2)17(16-10-5-4-7-13(16)3)20-18(21)14-8-6-9-15(19)11-14;/h4-5,7,10,12,14-15,17H,6,8-9,11,19H2,1-3H3,(H,20,21);1H. The van der Waals surface area contributed by atoms with Crippen LogP contribution < -0.4 is 11.1 Å². The summed E-state index contributed by atoms with van der Waals surface area (Å²) in [6.45, 7) is 6.42. The Labute approximate surface area is 140 Å². The molecular formula is C18H29ClN2O. The largest absolute Gasteiger partial charge is 0.349 e. The van der Waals surface area contributed by atoms with E-state index < -0.39 is 0 Å². The number of nitrogens with one attached hydrogen (secondary N) is 1. The van der Waals surface area contributed by atoms with Crippen LogP contribution in [0.3, 0.4) is 0 Å². The van der Waals surface area contributed by atoms with Crippen molar-refractivity contribution in [2.75, 3.05) is 0 Å². The van der Waals surface area contributed by atoms with Crippen LogP contribution in [0.5, 0.6) is 0 Å². The minimum atomic E-state index is 0. The van der Waals surface area contributed by atoms with E-state index in [2.05, 4.69) is 38.2 Å². The zero-order valence-corrected chi connectivity index (χ0v) is 14.7. The van der Waals surface area contributed by atoms with Crippen molar-refractivity contribution in [2.45, 2.75) is 58.5 Å². The average Bonchev–Trinajstić information content (AvgIpc) is 2.45. The summed E-state index contributed by atoms with van der Waals surface area (Å²) in [7, 11) is 0. The number of rotatable bonds is 4. The van der Waals surface area contributed by atoms with Gasteiger partial charge in [-0.1, -0.05) is 44.5 Å². The van der Waals surface area contributed by atoms with Crippen molar-refractivity contribution >= 4 is 18.3 Å². The Balaban J connectivity index is 0.00000242. The van der Waals surface area contributed by atoms with Gasteiger partial charge in [0, 0.05) is 12.0 Å². The lowest BCUT2D eigenvalue weighted by molar-refractivity contribution is -0.127. The Morgan fingerprint density at radius 1 is 1.27 bits per heavy atom. The molecule has 0 spiro atoms. The Morgan fingerprint density at radius 3 is 2.55 bits per heavy atom. The molecule has 0 radical (unpaired) electrons. The fraction of sp³-hybridized carbons (Fsp3) is 0.611. The highest BCUT2D eigenvalue weighted by Crippen LogP contribution is 2.28. The first-order valence-electron chi connectivity index (χ1n) is 8.10. The predicted octanol–water partition coefficient (Wildman–Crippen LogP) is 3.75. The van der Waals surface area contributed by atoms with E-state index in [1.165, 1.54) is 11.1 Å². The molecule has 1 saturated carbocycles. The second-order valence-electron chi connectivity index (χ2n) is 6.71. The molecule has 124 valence electrons. The quantitative estimate of drug-likeness (QED) is 0.886. The third-order valence-electron chi connectivity index (χ3n) is 4.57. The van der Waals surface area contributed by atoms with Crippen LogP contribution in [0.2, 0.25) is 0 Å². The van der Waals surface area contributed by atoms with Crippen molar-refractivity contribution in [2.24, 2.45) is 17.6 Å². The molecule has 1 fully saturated rings. The van der Waals surface area contributed by atoms with Gasteiger partial charge in [0.05, 0.1) is 6.04 Å². The zero-order chi connectivity index (χ0) is 15.4. The number of hydrogen-bond acceptors (Lipinski definition) is 2. The van der Waals surface area contributed by atoms with Crippen LogP contribution in [0.4, 0.5) is 0 Å². The highest BCUT2D eigenvalue weighted by atomic mass is 35.5. The Morgan fingerprint density at radius 2 is 1.95 bits per heavy atom. The minimum Gasteiger partial charge on any atom is -0.349 e. The zero-order valence-electron chi connectivity index (χ0n) is 13.8. The highest BCUT2D eigenvalue weighted by molar-refractivity contribution is 5.85. The topological polar surface area (TPSA) is 55.1 Å². The molecule has 0 aromatic heterocycles. The van der Waals surface area contributed by atoms with Gasteiger partial charge in [-0.05, 0) is 43.2 Å². The van der Waals surface area contributed by atoms with E-state index in [9.17, 15) is 4.79 Å². The van der Waals surface area contributed by atoms with Crippen LogP contribution >= 0.6 is 12.4 Å². The molecule has 1 amide bonds. The molecule has 22 heavy (non-hydrogen) atoms. The molecule has 0 saturated heterocycles. The minimum absolute atomic E-state index is 0. The summed E-state index contributed by atoms with van der Waals surface area (Å²) in [6.07, 6.45) is 3.91. The van der Waals surface area contributed by atoms with Crippen LogP contribution in [0, 0.1) is 18.8 Å². The van der Waals surface area contributed by atoms with Gasteiger partial charge in [0.2, 0.25) is 5.91 Å². The first kappa shape index (κ1) is 19.0. The summed E-state index contributed by atoms with van der Waals surface area (Å²) < 4.78 is 0. The van der Waals surface area contributed by atoms with Crippen molar-refractivity contribution in [1.82, 2.24) is 5.32 Å². The molecular weight excluding hydrogens is 296 g/mol. The van der Waals surface area contributed by atoms with Gasteiger partial charge in [0.15, 0.2) is 0 Å². The maximum atomic E-state index is 12.6. The summed E-state index contributed by atoms with van der Waals surface area (Å²) in [5.74, 6) is 0.624. The van der Waals surface area contributed by atoms with Crippen molar-refractivity contribution in [1.29, 1.82) is 0 Å². The van der Waals surface area contributed by atoms with Gasteiger partial charge in [0.25, 0.3) is 0 Å². The molecule has 1 aliphatic rings. The van der Waals surface area contributed by atoms with Gasteiger partial charge in [-0.25, -0.2) is 0 Å². The van der Waals surface area contributed by atoms with E-state index in [1.807, 2.05) is 12.1 Å². The third-order valence-corrected chi connectivity index (χ3v) is 4.57. The maximum absolute atomic E-state index is 12.6. The van der Waals surface area contributed by atoms with Crippen molar-refractivity contribution in [3.8, 4) is 0 Å². The third kappa shape index (κ3) is 4.72. The van der Waals surface area contributed by atoms with E-state index in [4.69, 9.17) is 5.73 Å². The molecule has 3 nitrogen and oxygen atoms in total. The Bertz CT molecular complexity index is 490. The Hall–Kier alpha value is -1.06. The lowest BCUT2D eigenvalue weighted by Gasteiger charge is -2.30. The summed E-state index contributed by atoms with van der Waals surface area (Å²) in [4.78, 5) is 12.6. The van der Waals surface area contributed by atoms with Crippen molar-refractivity contribution < 1.29 is 4.79 Å². The van der Waals surface area contributed by atoms with E-state index in [0.717, 1.165) is 25.7 Å². The van der Waals surface area contributed by atoms with E-state index in [0.29, 0.717) is 5.92 Å². The summed E-state index contributed by atoms with van der Waals surface area (Å²) in [5.41, 5.74) is 8.47. The van der Waals surface area contributed by atoms with Crippen molar-refractivity contribution in [3.63, 3.8) is 0 Å². The van der Waals surface area contributed by atoms with Crippen molar-refractivity contribution in [3.05, 3.63) is 35.4 Å². The van der Waals surface area contributed by atoms with Gasteiger partial charge in [0.1, 0.15) is 0 Å². The number of carbonyl (C=O) groups is 1. The van der Waals surface area contributed by atoms with Gasteiger partial charge >= 0.3 is 0 Å². The number of hydrogen-bond donors (Lipinski definition) is 2. The average molecular weight is 325 g/mol. The number of amides is 1. The highest BCUT2D eigenvalue weighted by Gasteiger charge is 2.28. The number of aryl methyl sites for hydroxylation is 1. The molecule has 1 aromatic rings. The second-order valence-corrected chi connectivity index (χ2v) is 6.71. The molecule has 1 aromatic carbocycles. The molecule has 1 aliphatic carbocycles. The summed E-state index contributed by atoms with van der Waals surface area (Å²) >= 11 is 0.